The van der Waals surface area contributed by atoms with Crippen LogP contribution in [0.4, 0.5) is 25.8 Å². The molecule has 3 saturated heterocycles. The largest absolute Gasteiger partial charge is 0.479 e. The number of thiophene rings is 1. The van der Waals surface area contributed by atoms with Crippen molar-refractivity contribution in [3.05, 3.63) is 92.8 Å². The number of sulfonamides is 1. The molecule has 2 atom stereocenters. The van der Waals surface area contributed by atoms with Gasteiger partial charge in [-0.2, -0.15) is 4.31 Å². The van der Waals surface area contributed by atoms with Gasteiger partial charge in [0.1, 0.15) is 16.9 Å². The van der Waals surface area contributed by atoms with Gasteiger partial charge in [-0.25, -0.2) is 26.8 Å². The highest BCUT2D eigenvalue weighted by atomic mass is 35.5. The zero-order valence-electron chi connectivity index (χ0n) is 37.5. The topological polar surface area (TPSA) is 261 Å². The maximum absolute atomic E-state index is 16.1. The van der Waals surface area contributed by atoms with Crippen LogP contribution in [-0.4, -0.2) is 125 Å². The standard InChI is InChI=1S/C46H46ClF2N7O12S2/c1-46(2)16-25(51-31-8-4-6-27(38(31)49)40-37(47)39(68-21-36(59)60)41(69-40)45(64)65)13-14-56(46)70(66,67)22-23-9-10-29(48)32(15-23)52-42(61)24-18-54(19-24)35(58)17-50-30-7-3-5-26-28(30)20-55(44(26)63)33-11-12-34(57)53-43(33)62/h3-10,15,24-25,33,50-51H,11-14,16-22H2,1-2H3,(H,52,61)(H,59,60)(H,64,65)(H,53,57,62)/t25-,33+/m0/s1. The van der Waals surface area contributed by atoms with E-state index >= 15 is 8.78 Å². The molecule has 5 amide bonds. The molecule has 4 aliphatic rings. The second-order valence-corrected chi connectivity index (χ2v) is 21.2. The second-order valence-electron chi connectivity index (χ2n) is 17.9. The molecule has 0 unspecified atom stereocenters. The van der Waals surface area contributed by atoms with Crippen LogP contribution in [-0.2, 0) is 46.3 Å². The van der Waals surface area contributed by atoms with E-state index in [1.807, 2.05) is 0 Å². The normalized spacial score (nSPS) is 19.2. The lowest BCUT2D eigenvalue weighted by Crippen LogP contribution is -2.55. The molecule has 19 nitrogen and oxygen atoms in total. The summed E-state index contributed by atoms with van der Waals surface area (Å²) in [6.07, 6.45) is 0.801. The molecule has 8 rings (SSSR count). The van der Waals surface area contributed by atoms with Gasteiger partial charge >= 0.3 is 11.9 Å². The van der Waals surface area contributed by atoms with Crippen LogP contribution in [0.25, 0.3) is 10.4 Å². The van der Waals surface area contributed by atoms with E-state index in [-0.39, 0.29) is 103 Å². The molecule has 3 aromatic carbocycles. The maximum atomic E-state index is 16.1. The highest BCUT2D eigenvalue weighted by molar-refractivity contribution is 7.88. The molecule has 24 heteroatoms. The van der Waals surface area contributed by atoms with Crippen LogP contribution >= 0.6 is 22.9 Å². The summed E-state index contributed by atoms with van der Waals surface area (Å²) in [5, 5.41) is 29.4. The Morgan fingerprint density at radius 2 is 1.69 bits per heavy atom. The van der Waals surface area contributed by atoms with Crippen LogP contribution in [0.2, 0.25) is 5.02 Å². The van der Waals surface area contributed by atoms with Gasteiger partial charge in [-0.3, -0.25) is 29.3 Å². The first-order valence-electron chi connectivity index (χ1n) is 22.0. The Balaban J connectivity index is 0.839. The van der Waals surface area contributed by atoms with Crippen LogP contribution in [0.15, 0.2) is 54.6 Å². The van der Waals surface area contributed by atoms with Gasteiger partial charge in [-0.1, -0.05) is 35.9 Å². The van der Waals surface area contributed by atoms with E-state index in [9.17, 15) is 47.1 Å². The maximum Gasteiger partial charge on any atom is 0.349 e. The number of nitrogens with zero attached hydrogens (tertiary/aromatic N) is 3. The van der Waals surface area contributed by atoms with Gasteiger partial charge < -0.3 is 40.7 Å². The average Bonchev–Trinajstić information content (AvgIpc) is 3.78. The number of hydrogen-bond donors (Lipinski definition) is 6. The van der Waals surface area contributed by atoms with Gasteiger partial charge in [-0.05, 0) is 69.0 Å². The van der Waals surface area contributed by atoms with Gasteiger partial charge in [-0.15, -0.1) is 11.3 Å². The van der Waals surface area contributed by atoms with Gasteiger partial charge in [0, 0.05) is 66.6 Å². The number of likely N-dealkylation sites (tertiary alicyclic amines) is 1. The summed E-state index contributed by atoms with van der Waals surface area (Å²) in [4.78, 5) is 89.1. The molecule has 4 aliphatic heterocycles. The van der Waals surface area contributed by atoms with Crippen LogP contribution < -0.4 is 26.0 Å². The highest BCUT2D eigenvalue weighted by Gasteiger charge is 2.43. The molecule has 1 aromatic heterocycles. The number of carbonyl (C=O) groups is 7. The summed E-state index contributed by atoms with van der Waals surface area (Å²) in [5.41, 5.74) is 0.452. The van der Waals surface area contributed by atoms with E-state index in [2.05, 4.69) is 21.3 Å². The predicted molar refractivity (Wildman–Crippen MR) is 251 cm³/mol. The molecule has 0 radical (unpaired) electrons. The zero-order valence-corrected chi connectivity index (χ0v) is 39.9. The number of hydrogen-bond acceptors (Lipinski definition) is 13. The summed E-state index contributed by atoms with van der Waals surface area (Å²) in [6, 6.07) is 11.7. The van der Waals surface area contributed by atoms with E-state index in [0.717, 1.165) is 6.07 Å². The third kappa shape index (κ3) is 10.1. The van der Waals surface area contributed by atoms with Gasteiger partial charge in [0.05, 0.1) is 34.5 Å². The molecular formula is C46H46ClF2N7O12S2. The van der Waals surface area contributed by atoms with Crippen molar-refractivity contribution in [1.82, 2.24) is 19.4 Å². The first kappa shape index (κ1) is 49.7. The lowest BCUT2D eigenvalue weighted by atomic mass is 9.89. The number of halogens is 3. The van der Waals surface area contributed by atoms with E-state index in [0.29, 0.717) is 28.2 Å². The number of carboxylic acid groups (broad SMARTS) is 2. The van der Waals surface area contributed by atoms with Crippen molar-refractivity contribution in [1.29, 1.82) is 0 Å². The fourth-order valence-electron chi connectivity index (χ4n) is 9.20. The molecule has 0 aliphatic carbocycles. The van der Waals surface area contributed by atoms with E-state index < -0.39 is 97.8 Å². The molecule has 0 bridgehead atoms. The summed E-state index contributed by atoms with van der Waals surface area (Å²) in [7, 11) is -4.05. The Morgan fingerprint density at radius 3 is 2.37 bits per heavy atom. The lowest BCUT2D eigenvalue weighted by Gasteiger charge is -2.45. The van der Waals surface area contributed by atoms with Crippen molar-refractivity contribution < 1.29 is 65.7 Å². The Morgan fingerprint density at radius 1 is 0.971 bits per heavy atom. The number of piperidine rings is 2. The van der Waals surface area contributed by atoms with Crippen LogP contribution in [0.3, 0.4) is 0 Å². The molecule has 3 fully saturated rings. The molecule has 0 spiro atoms. The predicted octanol–water partition coefficient (Wildman–Crippen LogP) is 4.96. The average molecular weight is 1030 g/mol. The number of aliphatic carboxylic acids is 1. The minimum atomic E-state index is -4.05. The Kier molecular flexibility index (Phi) is 13.9. The first-order valence-corrected chi connectivity index (χ1v) is 24.8. The monoisotopic (exact) mass is 1030 g/mol. The summed E-state index contributed by atoms with van der Waals surface area (Å²) < 4.78 is 65.6. The third-order valence-electron chi connectivity index (χ3n) is 12.6. The number of carboxylic acids is 2. The number of aromatic carboxylic acids is 1. The number of rotatable bonds is 16. The van der Waals surface area contributed by atoms with Crippen LogP contribution in [0, 0.1) is 17.6 Å². The Bertz CT molecular complexity index is 2960. The van der Waals surface area contributed by atoms with E-state index in [1.165, 1.54) is 44.4 Å². The molecule has 4 aromatic rings. The van der Waals surface area contributed by atoms with Crippen molar-refractivity contribution in [2.24, 2.45) is 5.92 Å². The molecule has 0 saturated carbocycles. The number of amides is 5. The number of fused-ring (bicyclic) bond motifs is 1. The molecule has 70 heavy (non-hydrogen) atoms. The number of nitrogens with one attached hydrogen (secondary N) is 4. The Labute approximate surface area is 408 Å². The summed E-state index contributed by atoms with van der Waals surface area (Å²) in [5.74, 6) is -8.19. The van der Waals surface area contributed by atoms with Crippen molar-refractivity contribution in [3.63, 3.8) is 0 Å². The minimum Gasteiger partial charge on any atom is -0.479 e. The number of carbonyl (C=O) groups excluding carboxylic acids is 5. The molecular weight excluding hydrogens is 980 g/mol. The van der Waals surface area contributed by atoms with E-state index in [4.69, 9.17) is 21.4 Å². The SMILES string of the molecule is CC1(C)C[C@@H](Nc2cccc(-c3sc(C(=O)O)c(OCC(=O)O)c3Cl)c2F)CCN1S(=O)(=O)Cc1ccc(F)c(NC(=O)C2CN(C(=O)CNc3cccc4c3CN([C@@H]3CCC(=O)NC3=O)C4=O)C2)c1. The van der Waals surface area contributed by atoms with Gasteiger partial charge in [0.15, 0.2) is 23.1 Å². The van der Waals surface area contributed by atoms with Crippen molar-refractivity contribution in [3.8, 4) is 16.2 Å². The molecule has 6 N–H and O–H groups in total. The molecule has 5 heterocycles. The quantitative estimate of drug-likeness (QED) is 0.0811. The number of benzene rings is 3. The van der Waals surface area contributed by atoms with Crippen molar-refractivity contribution >= 4 is 91.5 Å². The fraction of sp³-hybridized carbons (Fsp3) is 0.370. The van der Waals surface area contributed by atoms with Gasteiger partial charge in [0.25, 0.3) is 5.91 Å². The second kappa shape index (κ2) is 19.6. The smallest absolute Gasteiger partial charge is 0.349 e. The fourth-order valence-corrected chi connectivity index (χ4v) is 12.6. The van der Waals surface area contributed by atoms with Gasteiger partial charge in [0.2, 0.25) is 33.7 Å². The van der Waals surface area contributed by atoms with Crippen LogP contribution in [0.1, 0.15) is 70.7 Å². The Hall–Kier alpha value is -6.69. The van der Waals surface area contributed by atoms with Crippen LogP contribution in [0.5, 0.6) is 5.75 Å². The number of ether oxygens (including phenoxy) is 1. The van der Waals surface area contributed by atoms with E-state index in [1.54, 1.807) is 32.0 Å². The first-order chi connectivity index (χ1) is 33.1. The minimum absolute atomic E-state index is 0.00883. The van der Waals surface area contributed by atoms with Crippen molar-refractivity contribution in [2.75, 3.05) is 48.7 Å². The zero-order chi connectivity index (χ0) is 50.4. The third-order valence-corrected chi connectivity index (χ3v) is 16.4. The highest BCUT2D eigenvalue weighted by Crippen LogP contribution is 2.47. The summed E-state index contributed by atoms with van der Waals surface area (Å²) >= 11 is 7.03. The van der Waals surface area contributed by atoms with Crippen molar-refractivity contribution in [2.45, 2.75) is 69.5 Å². The number of anilines is 3. The lowest BCUT2D eigenvalue weighted by molar-refractivity contribution is -0.140. The number of imide groups is 1. The summed E-state index contributed by atoms with van der Waals surface area (Å²) in [6.45, 7) is 2.62. The molecule has 370 valence electrons.